The minimum absolute atomic E-state index is 0.257. The first-order valence-electron chi connectivity index (χ1n) is 4.07. The average molecular weight is 220 g/mol. The number of hydrogen-bond donors (Lipinski definition) is 1. The van der Waals surface area contributed by atoms with Crippen LogP contribution in [-0.2, 0) is 16.7 Å². The Bertz CT molecular complexity index is 405. The molecule has 6 heteroatoms. The van der Waals surface area contributed by atoms with E-state index in [4.69, 9.17) is 4.55 Å². The zero-order chi connectivity index (χ0) is 10.6. The van der Waals surface area contributed by atoms with Crippen LogP contribution in [0.4, 0.5) is 4.39 Å². The van der Waals surface area contributed by atoms with E-state index < -0.39 is 10.1 Å². The van der Waals surface area contributed by atoms with E-state index in [1.54, 1.807) is 6.20 Å². The third-order valence-electron chi connectivity index (χ3n) is 1.64. The monoisotopic (exact) mass is 220 g/mol. The highest BCUT2D eigenvalue weighted by Gasteiger charge is 2.07. The molecule has 4 nitrogen and oxygen atoms in total. The molecular weight excluding hydrogens is 209 g/mol. The number of pyridine rings is 1. The topological polar surface area (TPSA) is 58.3 Å². The average Bonchev–Trinajstić information content (AvgIpc) is 2.01. The number of halogens is 1. The Hall–Kier alpha value is -1.01. The normalized spacial score (nSPS) is 11.6. The van der Waals surface area contributed by atoms with E-state index in [2.05, 4.69) is 0 Å². The minimum Gasteiger partial charge on any atom is -0.286 e. The van der Waals surface area contributed by atoms with Gasteiger partial charge in [-0.1, -0.05) is 0 Å². The standard InChI is InChI=1S/C8H10FNO3S/c9-8-3-1-4-10(7-8)5-2-6-14(11,12)13/h1,3-4,7H,2,5-6H2/p+1. The molecule has 0 aromatic carbocycles. The fraction of sp³-hybridized carbons (Fsp3) is 0.375. The van der Waals surface area contributed by atoms with Gasteiger partial charge in [-0.2, -0.15) is 8.42 Å². The molecule has 0 radical (unpaired) electrons. The smallest absolute Gasteiger partial charge is 0.265 e. The summed E-state index contributed by atoms with van der Waals surface area (Å²) in [5.41, 5.74) is 0. The van der Waals surface area contributed by atoms with E-state index in [9.17, 15) is 12.8 Å². The fourth-order valence-corrected chi connectivity index (χ4v) is 1.55. The number of rotatable bonds is 4. The predicted octanol–water partition coefficient (Wildman–Crippen LogP) is 0.391. The van der Waals surface area contributed by atoms with Crippen molar-refractivity contribution in [3.63, 3.8) is 0 Å². The lowest BCUT2D eigenvalue weighted by molar-refractivity contribution is -0.698. The Morgan fingerprint density at radius 1 is 1.50 bits per heavy atom. The summed E-state index contributed by atoms with van der Waals surface area (Å²) >= 11 is 0. The maximum absolute atomic E-state index is 12.6. The second-order valence-electron chi connectivity index (χ2n) is 2.90. The molecule has 0 unspecified atom stereocenters. The van der Waals surface area contributed by atoms with Crippen LogP contribution in [0.1, 0.15) is 6.42 Å². The number of nitrogens with zero attached hydrogens (tertiary/aromatic N) is 1. The van der Waals surface area contributed by atoms with Crippen LogP contribution in [0.25, 0.3) is 0 Å². The molecule has 0 aliphatic heterocycles. The van der Waals surface area contributed by atoms with Gasteiger partial charge in [0.2, 0.25) is 6.20 Å². The molecule has 1 aromatic heterocycles. The summed E-state index contributed by atoms with van der Waals surface area (Å²) in [6.45, 7) is 0.359. The second kappa shape index (κ2) is 4.47. The van der Waals surface area contributed by atoms with E-state index >= 15 is 0 Å². The highest BCUT2D eigenvalue weighted by Crippen LogP contribution is 1.92. The Kier molecular flexibility index (Phi) is 3.54. The summed E-state index contributed by atoms with van der Waals surface area (Å²) in [5.74, 6) is -0.685. The first-order valence-corrected chi connectivity index (χ1v) is 5.68. The van der Waals surface area contributed by atoms with E-state index in [1.165, 1.54) is 22.9 Å². The molecule has 14 heavy (non-hydrogen) atoms. The lowest BCUT2D eigenvalue weighted by Crippen LogP contribution is -2.34. The van der Waals surface area contributed by atoms with Crippen molar-refractivity contribution in [2.45, 2.75) is 13.0 Å². The van der Waals surface area contributed by atoms with Gasteiger partial charge in [0.15, 0.2) is 12.0 Å². The molecule has 0 spiro atoms. The lowest BCUT2D eigenvalue weighted by atomic mass is 10.4. The van der Waals surface area contributed by atoms with Crippen molar-refractivity contribution in [2.24, 2.45) is 0 Å². The highest BCUT2D eigenvalue weighted by molar-refractivity contribution is 7.85. The van der Waals surface area contributed by atoms with E-state index in [0.29, 0.717) is 6.54 Å². The van der Waals surface area contributed by atoms with Gasteiger partial charge in [0.1, 0.15) is 6.54 Å². The summed E-state index contributed by atoms with van der Waals surface area (Å²) in [5, 5.41) is 0. The first kappa shape index (κ1) is 11.1. The molecule has 1 rings (SSSR count). The van der Waals surface area contributed by atoms with Crippen molar-refractivity contribution in [3.8, 4) is 0 Å². The summed E-state index contributed by atoms with van der Waals surface area (Å²) < 4.78 is 43.3. The maximum atomic E-state index is 12.6. The van der Waals surface area contributed by atoms with Gasteiger partial charge in [-0.15, -0.1) is 0 Å². The third kappa shape index (κ3) is 4.29. The minimum atomic E-state index is -3.91. The van der Waals surface area contributed by atoms with Crippen molar-refractivity contribution in [1.82, 2.24) is 0 Å². The van der Waals surface area contributed by atoms with Crippen molar-refractivity contribution >= 4 is 10.1 Å². The fourth-order valence-electron chi connectivity index (χ4n) is 1.06. The molecular formula is C8H11FNO3S+. The van der Waals surface area contributed by atoms with Gasteiger partial charge in [-0.05, 0) is 6.07 Å². The van der Waals surface area contributed by atoms with Crippen LogP contribution >= 0.6 is 0 Å². The number of aryl methyl sites for hydroxylation is 1. The van der Waals surface area contributed by atoms with Crippen LogP contribution in [0.5, 0.6) is 0 Å². The van der Waals surface area contributed by atoms with Crippen LogP contribution in [0, 0.1) is 5.82 Å². The highest BCUT2D eigenvalue weighted by atomic mass is 32.2. The molecule has 1 N–H and O–H groups in total. The van der Waals surface area contributed by atoms with Crippen LogP contribution in [0.3, 0.4) is 0 Å². The molecule has 78 valence electrons. The van der Waals surface area contributed by atoms with Crippen LogP contribution in [-0.4, -0.2) is 18.7 Å². The van der Waals surface area contributed by atoms with E-state index in [0.717, 1.165) is 0 Å². The first-order chi connectivity index (χ1) is 6.47. The van der Waals surface area contributed by atoms with Gasteiger partial charge in [-0.25, -0.2) is 8.96 Å². The molecule has 0 aliphatic rings. The zero-order valence-corrected chi connectivity index (χ0v) is 8.24. The SMILES string of the molecule is O=S(=O)(O)CCC[n+]1cccc(F)c1. The van der Waals surface area contributed by atoms with Crippen LogP contribution in [0.2, 0.25) is 0 Å². The zero-order valence-electron chi connectivity index (χ0n) is 7.43. The number of hydrogen-bond acceptors (Lipinski definition) is 2. The molecule has 0 fully saturated rings. The molecule has 0 saturated carbocycles. The predicted molar refractivity (Wildman–Crippen MR) is 47.6 cm³/mol. The van der Waals surface area contributed by atoms with Gasteiger partial charge in [0.25, 0.3) is 10.1 Å². The largest absolute Gasteiger partial charge is 0.286 e. The van der Waals surface area contributed by atoms with E-state index in [-0.39, 0.29) is 18.0 Å². The second-order valence-corrected chi connectivity index (χ2v) is 4.47. The molecule has 0 amide bonds. The molecule has 1 heterocycles. The lowest BCUT2D eigenvalue weighted by Gasteiger charge is -1.95. The summed E-state index contributed by atoms with van der Waals surface area (Å²) in [6, 6.07) is 2.84. The van der Waals surface area contributed by atoms with Gasteiger partial charge >= 0.3 is 0 Å². The van der Waals surface area contributed by atoms with Crippen molar-refractivity contribution in [3.05, 3.63) is 30.3 Å². The Morgan fingerprint density at radius 2 is 2.21 bits per heavy atom. The Balaban J connectivity index is 2.47. The van der Waals surface area contributed by atoms with Crippen molar-refractivity contribution in [1.29, 1.82) is 0 Å². The van der Waals surface area contributed by atoms with Gasteiger partial charge < -0.3 is 0 Å². The summed E-state index contributed by atoms with van der Waals surface area (Å²) in [6.07, 6.45) is 3.16. The Morgan fingerprint density at radius 3 is 2.79 bits per heavy atom. The molecule has 0 bridgehead atoms. The van der Waals surface area contributed by atoms with Gasteiger partial charge in [0, 0.05) is 12.5 Å². The third-order valence-corrected chi connectivity index (χ3v) is 2.45. The van der Waals surface area contributed by atoms with Gasteiger partial charge in [-0.3, -0.25) is 4.55 Å². The summed E-state index contributed by atoms with van der Waals surface area (Å²) in [7, 11) is -3.91. The van der Waals surface area contributed by atoms with Crippen molar-refractivity contribution in [2.75, 3.05) is 5.75 Å². The molecule has 1 aromatic rings. The van der Waals surface area contributed by atoms with E-state index in [1.807, 2.05) is 0 Å². The van der Waals surface area contributed by atoms with Gasteiger partial charge in [0.05, 0.1) is 5.75 Å². The Labute approximate surface area is 81.8 Å². The van der Waals surface area contributed by atoms with Crippen molar-refractivity contribution < 1.29 is 21.9 Å². The summed E-state index contributed by atoms with van der Waals surface area (Å²) in [4.78, 5) is 0. The molecule has 0 atom stereocenters. The quantitative estimate of drug-likeness (QED) is 0.590. The molecule has 0 aliphatic carbocycles. The van der Waals surface area contributed by atoms with Crippen LogP contribution in [0.15, 0.2) is 24.5 Å². The molecule has 0 saturated heterocycles. The number of aromatic nitrogens is 1. The van der Waals surface area contributed by atoms with Crippen LogP contribution < -0.4 is 4.57 Å². The maximum Gasteiger partial charge on any atom is 0.265 e.